The van der Waals surface area contributed by atoms with E-state index in [2.05, 4.69) is 6.92 Å². The lowest BCUT2D eigenvalue weighted by molar-refractivity contribution is 0.602. The van der Waals surface area contributed by atoms with Gasteiger partial charge < -0.3 is 0 Å². The van der Waals surface area contributed by atoms with Gasteiger partial charge in [0.1, 0.15) is 0 Å². The molecule has 0 unspecified atom stereocenters. The first-order chi connectivity index (χ1) is 5.41. The maximum absolute atomic E-state index is 11.0. The minimum Gasteiger partial charge on any atom is -0.224 e. The standard InChI is InChI=1S/C8H8ClO2S/c1-6-3-4-7(5-8(6)9)12(2,10)11/h3-5H,1H2,2H3. The molecule has 0 aliphatic carbocycles. The van der Waals surface area contributed by atoms with Crippen LogP contribution in [0.4, 0.5) is 0 Å². The molecule has 0 aliphatic rings. The minimum absolute atomic E-state index is 0.222. The molecule has 1 rings (SSSR count). The summed E-state index contributed by atoms with van der Waals surface area (Å²) in [5.41, 5.74) is 0.629. The summed E-state index contributed by atoms with van der Waals surface area (Å²) >= 11 is 5.69. The lowest BCUT2D eigenvalue weighted by Crippen LogP contribution is -1.96. The van der Waals surface area contributed by atoms with Crippen LogP contribution in [0.25, 0.3) is 0 Å². The summed E-state index contributed by atoms with van der Waals surface area (Å²) in [5.74, 6) is 0. The van der Waals surface area contributed by atoms with Crippen LogP contribution in [0.1, 0.15) is 5.56 Å². The second kappa shape index (κ2) is 3.07. The normalized spacial score (nSPS) is 11.6. The van der Waals surface area contributed by atoms with Crippen molar-refractivity contribution in [1.82, 2.24) is 0 Å². The SMILES string of the molecule is [CH2]c1ccc(S(C)(=O)=O)cc1Cl. The van der Waals surface area contributed by atoms with Crippen molar-refractivity contribution in [3.05, 3.63) is 35.7 Å². The van der Waals surface area contributed by atoms with Crippen molar-refractivity contribution in [1.29, 1.82) is 0 Å². The highest BCUT2D eigenvalue weighted by Crippen LogP contribution is 2.19. The Morgan fingerprint density at radius 1 is 1.42 bits per heavy atom. The van der Waals surface area contributed by atoms with Gasteiger partial charge >= 0.3 is 0 Å². The Balaban J connectivity index is 3.33. The molecule has 1 aromatic carbocycles. The van der Waals surface area contributed by atoms with E-state index in [0.29, 0.717) is 10.6 Å². The average molecular weight is 204 g/mol. The second-order valence-electron chi connectivity index (χ2n) is 2.53. The van der Waals surface area contributed by atoms with E-state index < -0.39 is 9.84 Å². The van der Waals surface area contributed by atoms with E-state index in [-0.39, 0.29) is 4.90 Å². The molecule has 0 saturated carbocycles. The monoisotopic (exact) mass is 203 g/mol. The number of hydrogen-bond acceptors (Lipinski definition) is 2. The van der Waals surface area contributed by atoms with Crippen molar-refractivity contribution in [3.8, 4) is 0 Å². The van der Waals surface area contributed by atoms with Crippen LogP contribution >= 0.6 is 11.6 Å². The summed E-state index contributed by atoms with van der Waals surface area (Å²) in [6.45, 7) is 3.62. The largest absolute Gasteiger partial charge is 0.224 e. The van der Waals surface area contributed by atoms with Crippen LogP contribution < -0.4 is 0 Å². The first-order valence-corrected chi connectivity index (χ1v) is 5.50. The fourth-order valence-electron chi connectivity index (χ4n) is 0.759. The number of rotatable bonds is 1. The molecule has 0 N–H and O–H groups in total. The number of sulfone groups is 1. The highest BCUT2D eigenvalue weighted by atomic mass is 35.5. The molecule has 0 saturated heterocycles. The molecule has 0 amide bonds. The number of hydrogen-bond donors (Lipinski definition) is 0. The van der Waals surface area contributed by atoms with Crippen LogP contribution in [-0.2, 0) is 9.84 Å². The molecular weight excluding hydrogens is 196 g/mol. The third-order valence-electron chi connectivity index (χ3n) is 1.45. The summed E-state index contributed by atoms with van der Waals surface area (Å²) in [4.78, 5) is 0.222. The zero-order valence-electron chi connectivity index (χ0n) is 6.54. The first kappa shape index (κ1) is 9.55. The van der Waals surface area contributed by atoms with E-state index in [1.54, 1.807) is 6.07 Å². The molecule has 0 heterocycles. The molecule has 0 bridgehead atoms. The molecule has 0 spiro atoms. The maximum atomic E-state index is 11.0. The van der Waals surface area contributed by atoms with Crippen molar-refractivity contribution < 1.29 is 8.42 Å². The summed E-state index contributed by atoms with van der Waals surface area (Å²) in [6.07, 6.45) is 1.14. The molecule has 12 heavy (non-hydrogen) atoms. The van der Waals surface area contributed by atoms with Gasteiger partial charge in [-0.15, -0.1) is 0 Å². The Morgan fingerprint density at radius 2 is 2.00 bits per heavy atom. The van der Waals surface area contributed by atoms with Crippen LogP contribution in [0.3, 0.4) is 0 Å². The molecule has 0 aromatic heterocycles. The van der Waals surface area contributed by atoms with Crippen LogP contribution in [0.2, 0.25) is 5.02 Å². The third kappa shape index (κ3) is 1.99. The van der Waals surface area contributed by atoms with Gasteiger partial charge in [-0.1, -0.05) is 17.7 Å². The van der Waals surface area contributed by atoms with Gasteiger partial charge in [-0.05, 0) is 24.6 Å². The van der Waals surface area contributed by atoms with Gasteiger partial charge in [0.2, 0.25) is 0 Å². The van der Waals surface area contributed by atoms with Gasteiger partial charge in [0.15, 0.2) is 9.84 Å². The summed E-state index contributed by atoms with van der Waals surface area (Å²) < 4.78 is 22.0. The lowest BCUT2D eigenvalue weighted by Gasteiger charge is -2.00. The second-order valence-corrected chi connectivity index (χ2v) is 4.95. The van der Waals surface area contributed by atoms with Gasteiger partial charge in [-0.3, -0.25) is 0 Å². The quantitative estimate of drug-likeness (QED) is 0.699. The van der Waals surface area contributed by atoms with E-state index in [1.165, 1.54) is 12.1 Å². The Kier molecular flexibility index (Phi) is 2.44. The van der Waals surface area contributed by atoms with Crippen molar-refractivity contribution in [3.63, 3.8) is 0 Å². The predicted octanol–water partition coefficient (Wildman–Crippen LogP) is 1.93. The molecule has 0 atom stereocenters. The average Bonchev–Trinajstić information content (AvgIpc) is 1.92. The van der Waals surface area contributed by atoms with E-state index in [1.807, 2.05) is 0 Å². The van der Waals surface area contributed by atoms with E-state index >= 15 is 0 Å². The Morgan fingerprint density at radius 3 is 2.42 bits per heavy atom. The van der Waals surface area contributed by atoms with Crippen molar-refractivity contribution in [2.24, 2.45) is 0 Å². The number of halogens is 1. The number of benzene rings is 1. The van der Waals surface area contributed by atoms with Crippen LogP contribution in [0, 0.1) is 6.92 Å². The lowest BCUT2D eigenvalue weighted by atomic mass is 10.2. The van der Waals surface area contributed by atoms with Gasteiger partial charge in [0.05, 0.1) is 4.90 Å². The molecule has 2 nitrogen and oxygen atoms in total. The van der Waals surface area contributed by atoms with Crippen LogP contribution in [0.5, 0.6) is 0 Å². The first-order valence-electron chi connectivity index (χ1n) is 3.23. The fourth-order valence-corrected chi connectivity index (χ4v) is 1.65. The molecule has 4 heteroatoms. The molecule has 1 radical (unpaired) electrons. The minimum atomic E-state index is -3.15. The van der Waals surface area contributed by atoms with Gasteiger partial charge in [-0.25, -0.2) is 8.42 Å². The third-order valence-corrected chi connectivity index (χ3v) is 2.91. The van der Waals surface area contributed by atoms with Crippen molar-refractivity contribution in [2.75, 3.05) is 6.26 Å². The van der Waals surface area contributed by atoms with Gasteiger partial charge in [0.25, 0.3) is 0 Å². The topological polar surface area (TPSA) is 34.1 Å². The Bertz CT molecular complexity index is 396. The van der Waals surface area contributed by atoms with E-state index in [0.717, 1.165) is 6.26 Å². The highest BCUT2D eigenvalue weighted by Gasteiger charge is 2.07. The van der Waals surface area contributed by atoms with Crippen LogP contribution in [0.15, 0.2) is 23.1 Å². The zero-order chi connectivity index (χ0) is 9.35. The summed E-state index contributed by atoms with van der Waals surface area (Å²) in [6, 6.07) is 4.47. The van der Waals surface area contributed by atoms with Gasteiger partial charge in [-0.2, -0.15) is 0 Å². The molecule has 0 fully saturated rings. The zero-order valence-corrected chi connectivity index (χ0v) is 8.11. The van der Waals surface area contributed by atoms with E-state index in [9.17, 15) is 8.42 Å². The molecule has 0 aliphatic heterocycles. The molecule has 1 aromatic rings. The maximum Gasteiger partial charge on any atom is 0.175 e. The molecular formula is C8H8ClO2S. The van der Waals surface area contributed by atoms with E-state index in [4.69, 9.17) is 11.6 Å². The summed E-state index contributed by atoms with van der Waals surface area (Å²) in [7, 11) is -3.15. The highest BCUT2D eigenvalue weighted by molar-refractivity contribution is 7.90. The van der Waals surface area contributed by atoms with Gasteiger partial charge in [0, 0.05) is 11.3 Å². The predicted molar refractivity (Wildman–Crippen MR) is 49.0 cm³/mol. The smallest absolute Gasteiger partial charge is 0.175 e. The van der Waals surface area contributed by atoms with Crippen molar-refractivity contribution in [2.45, 2.75) is 4.90 Å². The Hall–Kier alpha value is -0.540. The molecule has 65 valence electrons. The Labute approximate surface area is 77.1 Å². The summed E-state index contributed by atoms with van der Waals surface area (Å²) in [5, 5.41) is 0.373. The van der Waals surface area contributed by atoms with Crippen molar-refractivity contribution >= 4 is 21.4 Å². The van der Waals surface area contributed by atoms with Crippen LogP contribution in [-0.4, -0.2) is 14.7 Å². The fraction of sp³-hybridized carbons (Fsp3) is 0.125.